The van der Waals surface area contributed by atoms with Crippen molar-refractivity contribution in [3.05, 3.63) is 45.7 Å². The fraction of sp³-hybridized carbons (Fsp3) is 0.412. The second kappa shape index (κ2) is 8.35. The van der Waals surface area contributed by atoms with Crippen molar-refractivity contribution in [1.29, 1.82) is 0 Å². The normalized spacial score (nSPS) is 18.0. The number of halogens is 1. The summed E-state index contributed by atoms with van der Waals surface area (Å²) in [7, 11) is 1.81. The molecule has 0 amide bonds. The molecule has 1 unspecified atom stereocenters. The highest BCUT2D eigenvalue weighted by molar-refractivity contribution is 7.09. The first kappa shape index (κ1) is 17.0. The van der Waals surface area contributed by atoms with E-state index in [1.165, 1.54) is 4.88 Å². The van der Waals surface area contributed by atoms with Crippen molar-refractivity contribution >= 4 is 34.7 Å². The number of aliphatic imine (C=N–C) groups is 1. The van der Waals surface area contributed by atoms with E-state index in [-0.39, 0.29) is 0 Å². The van der Waals surface area contributed by atoms with Gasteiger partial charge in [0.25, 0.3) is 0 Å². The van der Waals surface area contributed by atoms with Crippen molar-refractivity contribution in [3.63, 3.8) is 0 Å². The number of rotatable bonds is 5. The Kier molecular flexibility index (Phi) is 5.93. The smallest absolute Gasteiger partial charge is 0.191 e. The summed E-state index contributed by atoms with van der Waals surface area (Å²) < 4.78 is 0. The van der Waals surface area contributed by atoms with Gasteiger partial charge in [0, 0.05) is 43.8 Å². The lowest BCUT2D eigenvalue weighted by atomic mass is 10.3. The molecule has 2 aromatic rings. The SMILES string of the molecule is CN=C(NCCc1cccs1)NC1CCN(c2ncccc2Cl)C1. The van der Waals surface area contributed by atoms with Gasteiger partial charge in [0.2, 0.25) is 0 Å². The molecule has 0 bridgehead atoms. The van der Waals surface area contributed by atoms with Gasteiger partial charge >= 0.3 is 0 Å². The predicted molar refractivity (Wildman–Crippen MR) is 102 cm³/mol. The minimum Gasteiger partial charge on any atom is -0.356 e. The lowest BCUT2D eigenvalue weighted by molar-refractivity contribution is 0.648. The van der Waals surface area contributed by atoms with Gasteiger partial charge in [0.1, 0.15) is 5.82 Å². The number of aromatic nitrogens is 1. The Bertz CT molecular complexity index is 673. The molecule has 128 valence electrons. The summed E-state index contributed by atoms with van der Waals surface area (Å²) in [4.78, 5) is 12.3. The summed E-state index contributed by atoms with van der Waals surface area (Å²) in [6.45, 7) is 2.70. The Balaban J connectivity index is 1.47. The highest BCUT2D eigenvalue weighted by Crippen LogP contribution is 2.25. The zero-order valence-corrected chi connectivity index (χ0v) is 15.3. The van der Waals surface area contributed by atoms with Crippen LogP contribution in [0.25, 0.3) is 0 Å². The van der Waals surface area contributed by atoms with Gasteiger partial charge in [-0.15, -0.1) is 11.3 Å². The Labute approximate surface area is 151 Å². The van der Waals surface area contributed by atoms with Crippen LogP contribution in [0.2, 0.25) is 5.02 Å². The number of nitrogens with zero attached hydrogens (tertiary/aromatic N) is 3. The summed E-state index contributed by atoms with van der Waals surface area (Å²) in [5.41, 5.74) is 0. The molecule has 1 aliphatic heterocycles. The molecule has 0 aliphatic carbocycles. The van der Waals surface area contributed by atoms with Crippen LogP contribution >= 0.6 is 22.9 Å². The summed E-state index contributed by atoms with van der Waals surface area (Å²) in [6.07, 6.45) is 3.84. The molecule has 7 heteroatoms. The van der Waals surface area contributed by atoms with Crippen molar-refractivity contribution < 1.29 is 0 Å². The van der Waals surface area contributed by atoms with E-state index in [9.17, 15) is 0 Å². The summed E-state index contributed by atoms with van der Waals surface area (Å²) in [5.74, 6) is 1.72. The van der Waals surface area contributed by atoms with Crippen LogP contribution in [0.1, 0.15) is 11.3 Å². The van der Waals surface area contributed by atoms with Crippen LogP contribution in [0.4, 0.5) is 5.82 Å². The van der Waals surface area contributed by atoms with Crippen LogP contribution in [-0.4, -0.2) is 43.7 Å². The number of anilines is 1. The highest BCUT2D eigenvalue weighted by atomic mass is 35.5. The molecular weight excluding hydrogens is 342 g/mol. The van der Waals surface area contributed by atoms with Crippen LogP contribution in [0, 0.1) is 0 Å². The van der Waals surface area contributed by atoms with E-state index in [0.717, 1.165) is 44.3 Å². The van der Waals surface area contributed by atoms with Crippen molar-refractivity contribution in [1.82, 2.24) is 15.6 Å². The number of hydrogen-bond acceptors (Lipinski definition) is 4. The van der Waals surface area contributed by atoms with E-state index in [1.807, 2.05) is 19.2 Å². The second-order valence-electron chi connectivity index (χ2n) is 5.71. The Morgan fingerprint density at radius 3 is 3.12 bits per heavy atom. The molecule has 24 heavy (non-hydrogen) atoms. The predicted octanol–water partition coefficient (Wildman–Crippen LogP) is 2.78. The van der Waals surface area contributed by atoms with E-state index in [1.54, 1.807) is 17.5 Å². The molecule has 0 aromatic carbocycles. The maximum atomic E-state index is 6.24. The quantitative estimate of drug-likeness (QED) is 0.633. The number of thiophene rings is 1. The molecule has 1 aliphatic rings. The van der Waals surface area contributed by atoms with E-state index < -0.39 is 0 Å². The summed E-state index contributed by atoms with van der Waals surface area (Å²) in [6, 6.07) is 8.33. The van der Waals surface area contributed by atoms with Crippen LogP contribution in [0.15, 0.2) is 40.8 Å². The summed E-state index contributed by atoms with van der Waals surface area (Å²) >= 11 is 8.03. The lowest BCUT2D eigenvalue weighted by Crippen LogP contribution is -2.45. The van der Waals surface area contributed by atoms with Gasteiger partial charge < -0.3 is 15.5 Å². The van der Waals surface area contributed by atoms with Gasteiger partial charge in [-0.3, -0.25) is 4.99 Å². The molecule has 2 N–H and O–H groups in total. The van der Waals surface area contributed by atoms with E-state index in [0.29, 0.717) is 11.1 Å². The van der Waals surface area contributed by atoms with Crippen molar-refractivity contribution in [2.24, 2.45) is 4.99 Å². The minimum absolute atomic E-state index is 0.344. The average molecular weight is 364 g/mol. The van der Waals surface area contributed by atoms with E-state index >= 15 is 0 Å². The van der Waals surface area contributed by atoms with Gasteiger partial charge in [-0.05, 0) is 36.4 Å². The van der Waals surface area contributed by atoms with Gasteiger partial charge in [-0.1, -0.05) is 17.7 Å². The second-order valence-corrected chi connectivity index (χ2v) is 7.15. The topological polar surface area (TPSA) is 52.6 Å². The molecule has 0 spiro atoms. The van der Waals surface area contributed by atoms with Crippen molar-refractivity contribution in [2.75, 3.05) is 31.6 Å². The summed E-state index contributed by atoms with van der Waals surface area (Å²) in [5, 5.41) is 9.70. The van der Waals surface area contributed by atoms with Gasteiger partial charge in [0.05, 0.1) is 5.02 Å². The standard InChI is InChI=1S/C17H22ClN5S/c1-19-17(21-9-6-14-4-3-11-24-14)22-13-7-10-23(12-13)16-15(18)5-2-8-20-16/h2-5,8,11,13H,6-7,9-10,12H2,1H3,(H2,19,21,22). The Morgan fingerprint density at radius 2 is 2.38 bits per heavy atom. The van der Waals surface area contributed by atoms with Crippen molar-refractivity contribution in [3.8, 4) is 0 Å². The Hall–Kier alpha value is -1.79. The molecule has 3 rings (SSSR count). The van der Waals surface area contributed by atoms with Crippen LogP contribution in [0.5, 0.6) is 0 Å². The van der Waals surface area contributed by atoms with Crippen LogP contribution in [0.3, 0.4) is 0 Å². The minimum atomic E-state index is 0.344. The fourth-order valence-electron chi connectivity index (χ4n) is 2.83. The van der Waals surface area contributed by atoms with E-state index in [2.05, 4.69) is 43.0 Å². The molecule has 0 radical (unpaired) electrons. The number of pyridine rings is 1. The van der Waals surface area contributed by atoms with Crippen molar-refractivity contribution in [2.45, 2.75) is 18.9 Å². The molecule has 1 fully saturated rings. The molecule has 1 saturated heterocycles. The zero-order valence-electron chi connectivity index (χ0n) is 13.7. The third-order valence-electron chi connectivity index (χ3n) is 4.04. The first-order chi connectivity index (χ1) is 11.8. The number of hydrogen-bond donors (Lipinski definition) is 2. The molecular formula is C17H22ClN5S. The van der Waals surface area contributed by atoms with Gasteiger partial charge in [-0.2, -0.15) is 0 Å². The van der Waals surface area contributed by atoms with Gasteiger partial charge in [0.15, 0.2) is 5.96 Å². The lowest BCUT2D eigenvalue weighted by Gasteiger charge is -2.20. The molecule has 2 aromatic heterocycles. The molecule has 5 nitrogen and oxygen atoms in total. The van der Waals surface area contributed by atoms with E-state index in [4.69, 9.17) is 11.6 Å². The molecule has 0 saturated carbocycles. The molecule has 3 heterocycles. The van der Waals surface area contributed by atoms with Crippen LogP contribution < -0.4 is 15.5 Å². The average Bonchev–Trinajstić information content (AvgIpc) is 3.26. The first-order valence-electron chi connectivity index (χ1n) is 8.11. The monoisotopic (exact) mass is 363 g/mol. The third kappa shape index (κ3) is 4.39. The third-order valence-corrected chi connectivity index (χ3v) is 5.27. The number of nitrogens with one attached hydrogen (secondary N) is 2. The maximum Gasteiger partial charge on any atom is 0.191 e. The Morgan fingerprint density at radius 1 is 1.46 bits per heavy atom. The highest BCUT2D eigenvalue weighted by Gasteiger charge is 2.25. The number of guanidine groups is 1. The molecule has 1 atom stereocenters. The van der Waals surface area contributed by atoms with Crippen LogP contribution in [-0.2, 0) is 6.42 Å². The fourth-order valence-corrected chi connectivity index (χ4v) is 3.78. The first-order valence-corrected chi connectivity index (χ1v) is 9.37. The maximum absolute atomic E-state index is 6.24. The zero-order chi connectivity index (χ0) is 16.8. The van der Waals surface area contributed by atoms with Gasteiger partial charge in [-0.25, -0.2) is 4.98 Å². The largest absolute Gasteiger partial charge is 0.356 e.